The number of nitro groups is 1. The highest BCUT2D eigenvalue weighted by molar-refractivity contribution is 5.48. The third kappa shape index (κ3) is 4.32. The number of rotatable bonds is 7. The Labute approximate surface area is 123 Å². The quantitative estimate of drug-likeness (QED) is 0.618. The van der Waals surface area contributed by atoms with E-state index in [9.17, 15) is 15.2 Å². The maximum Gasteiger partial charge on any atom is 0.273 e. The van der Waals surface area contributed by atoms with E-state index in [2.05, 4.69) is 0 Å². The Morgan fingerprint density at radius 2 is 2.10 bits per heavy atom. The highest BCUT2D eigenvalue weighted by Gasteiger charge is 2.20. The molecule has 1 aliphatic carbocycles. The molecule has 1 fully saturated rings. The summed E-state index contributed by atoms with van der Waals surface area (Å²) in [5.41, 5.74) is -0.0592. The van der Waals surface area contributed by atoms with Gasteiger partial charge in [0.05, 0.1) is 24.2 Å². The molecule has 6 heteroatoms. The van der Waals surface area contributed by atoms with Gasteiger partial charge in [0, 0.05) is 6.07 Å². The Bertz CT molecular complexity index is 485. The van der Waals surface area contributed by atoms with Crippen LogP contribution in [-0.2, 0) is 0 Å². The zero-order valence-electron chi connectivity index (χ0n) is 12.2. The van der Waals surface area contributed by atoms with Gasteiger partial charge in [-0.2, -0.15) is 0 Å². The van der Waals surface area contributed by atoms with Crippen LogP contribution >= 0.6 is 0 Å². The van der Waals surface area contributed by atoms with Crippen LogP contribution in [0.5, 0.6) is 11.5 Å². The molecule has 0 heterocycles. The van der Waals surface area contributed by atoms with Crippen LogP contribution in [-0.4, -0.2) is 29.9 Å². The summed E-state index contributed by atoms with van der Waals surface area (Å²) in [6, 6.07) is 4.18. The minimum Gasteiger partial charge on any atom is -0.493 e. The van der Waals surface area contributed by atoms with Crippen LogP contribution in [0.15, 0.2) is 18.2 Å². The van der Waals surface area contributed by atoms with E-state index < -0.39 is 11.0 Å². The van der Waals surface area contributed by atoms with E-state index in [1.807, 2.05) is 0 Å². The van der Waals surface area contributed by atoms with Gasteiger partial charge in [-0.1, -0.05) is 25.7 Å². The molecule has 1 aromatic rings. The van der Waals surface area contributed by atoms with Crippen LogP contribution in [0.3, 0.4) is 0 Å². The highest BCUT2D eigenvalue weighted by Crippen LogP contribution is 2.32. The lowest BCUT2D eigenvalue weighted by molar-refractivity contribution is -0.385. The molecule has 0 spiro atoms. The predicted octanol–water partition coefficient (Wildman–Crippen LogP) is 2.92. The number of nitrogens with zero attached hydrogens (tertiary/aromatic N) is 1. The van der Waals surface area contributed by atoms with E-state index in [0.29, 0.717) is 11.7 Å². The SMILES string of the molecule is COc1ccc([N+](=O)[O-])cc1OCC(O)CC1CCCC1. The van der Waals surface area contributed by atoms with Gasteiger partial charge in [-0.15, -0.1) is 0 Å². The van der Waals surface area contributed by atoms with E-state index in [-0.39, 0.29) is 18.0 Å². The van der Waals surface area contributed by atoms with Gasteiger partial charge in [-0.25, -0.2) is 0 Å². The molecule has 0 radical (unpaired) electrons. The number of methoxy groups -OCH3 is 1. The molecule has 0 aliphatic heterocycles. The molecule has 0 bridgehead atoms. The number of nitro benzene ring substituents is 1. The molecule has 2 rings (SSSR count). The lowest BCUT2D eigenvalue weighted by Gasteiger charge is -2.17. The maximum atomic E-state index is 10.8. The van der Waals surface area contributed by atoms with Gasteiger partial charge >= 0.3 is 0 Å². The van der Waals surface area contributed by atoms with Crippen LogP contribution < -0.4 is 9.47 Å². The van der Waals surface area contributed by atoms with E-state index in [4.69, 9.17) is 9.47 Å². The van der Waals surface area contributed by atoms with Crippen LogP contribution in [0.4, 0.5) is 5.69 Å². The Kier molecular flexibility index (Phi) is 5.38. The standard InChI is InChI=1S/C15H21NO5/c1-20-14-7-6-12(16(18)19)9-15(14)21-10-13(17)8-11-4-2-3-5-11/h6-7,9,11,13,17H,2-5,8,10H2,1H3. The lowest BCUT2D eigenvalue weighted by Crippen LogP contribution is -2.20. The van der Waals surface area contributed by atoms with Gasteiger partial charge in [0.1, 0.15) is 6.61 Å². The van der Waals surface area contributed by atoms with Crippen LogP contribution in [0, 0.1) is 16.0 Å². The minimum atomic E-state index is -0.558. The summed E-state index contributed by atoms with van der Waals surface area (Å²) in [5, 5.41) is 20.8. The molecule has 1 unspecified atom stereocenters. The topological polar surface area (TPSA) is 81.8 Å². The minimum absolute atomic E-state index is 0.0592. The third-order valence-corrected chi connectivity index (χ3v) is 3.87. The summed E-state index contributed by atoms with van der Waals surface area (Å²) in [4.78, 5) is 10.3. The summed E-state index contributed by atoms with van der Waals surface area (Å²) < 4.78 is 10.6. The molecule has 1 saturated carbocycles. The molecule has 0 saturated heterocycles. The van der Waals surface area contributed by atoms with Crippen LogP contribution in [0.25, 0.3) is 0 Å². The molecular formula is C15H21NO5. The number of hydrogen-bond acceptors (Lipinski definition) is 5. The maximum absolute atomic E-state index is 10.8. The van der Waals surface area contributed by atoms with Gasteiger partial charge in [0.25, 0.3) is 5.69 Å². The smallest absolute Gasteiger partial charge is 0.273 e. The van der Waals surface area contributed by atoms with Crippen LogP contribution in [0.2, 0.25) is 0 Å². The van der Waals surface area contributed by atoms with Crippen molar-refractivity contribution in [2.24, 2.45) is 5.92 Å². The third-order valence-electron chi connectivity index (χ3n) is 3.87. The Morgan fingerprint density at radius 1 is 1.38 bits per heavy atom. The molecule has 1 aromatic carbocycles. The lowest BCUT2D eigenvalue weighted by atomic mass is 10.0. The van der Waals surface area contributed by atoms with Gasteiger partial charge in [-0.05, 0) is 18.4 Å². The van der Waals surface area contributed by atoms with Crippen molar-refractivity contribution < 1.29 is 19.5 Å². The summed E-state index contributed by atoms with van der Waals surface area (Å²) in [6.45, 7) is 0.119. The van der Waals surface area contributed by atoms with Crippen molar-refractivity contribution in [1.29, 1.82) is 0 Å². The van der Waals surface area contributed by atoms with E-state index in [1.54, 1.807) is 0 Å². The van der Waals surface area contributed by atoms with Crippen molar-refractivity contribution in [2.75, 3.05) is 13.7 Å². The molecule has 1 atom stereocenters. The average Bonchev–Trinajstić information content (AvgIpc) is 2.97. The first-order chi connectivity index (χ1) is 10.1. The molecule has 0 aromatic heterocycles. The second-order valence-corrected chi connectivity index (χ2v) is 5.44. The first kappa shape index (κ1) is 15.6. The highest BCUT2D eigenvalue weighted by atomic mass is 16.6. The summed E-state index contributed by atoms with van der Waals surface area (Å²) >= 11 is 0. The Hall–Kier alpha value is -1.82. The van der Waals surface area contributed by atoms with Crippen molar-refractivity contribution in [2.45, 2.75) is 38.2 Å². The predicted molar refractivity (Wildman–Crippen MR) is 77.7 cm³/mol. The molecule has 1 aliphatic rings. The first-order valence-electron chi connectivity index (χ1n) is 7.23. The molecule has 0 amide bonds. The van der Waals surface area contributed by atoms with Gasteiger partial charge < -0.3 is 14.6 Å². The molecule has 6 nitrogen and oxygen atoms in total. The van der Waals surface area contributed by atoms with Gasteiger partial charge in [0.2, 0.25) is 0 Å². The van der Waals surface area contributed by atoms with Crippen molar-refractivity contribution in [3.8, 4) is 11.5 Å². The van der Waals surface area contributed by atoms with Crippen molar-refractivity contribution in [3.05, 3.63) is 28.3 Å². The van der Waals surface area contributed by atoms with E-state index in [1.165, 1.54) is 38.2 Å². The van der Waals surface area contributed by atoms with Gasteiger partial charge in [0.15, 0.2) is 11.5 Å². The summed E-state index contributed by atoms with van der Waals surface area (Å²) in [7, 11) is 1.48. The van der Waals surface area contributed by atoms with E-state index >= 15 is 0 Å². The normalized spacial score (nSPS) is 16.7. The van der Waals surface area contributed by atoms with Crippen molar-refractivity contribution >= 4 is 5.69 Å². The summed E-state index contributed by atoms with van der Waals surface area (Å²) in [5.74, 6) is 1.28. The Morgan fingerprint density at radius 3 is 2.71 bits per heavy atom. The summed E-state index contributed by atoms with van der Waals surface area (Å²) in [6.07, 6.45) is 4.96. The first-order valence-corrected chi connectivity index (χ1v) is 7.23. The Balaban J connectivity index is 1.94. The fourth-order valence-corrected chi connectivity index (χ4v) is 2.78. The number of aliphatic hydroxyl groups is 1. The van der Waals surface area contributed by atoms with Crippen molar-refractivity contribution in [1.82, 2.24) is 0 Å². The number of ether oxygens (including phenoxy) is 2. The van der Waals surface area contributed by atoms with Crippen LogP contribution in [0.1, 0.15) is 32.1 Å². The number of non-ortho nitro benzene ring substituents is 1. The second kappa shape index (κ2) is 7.26. The zero-order chi connectivity index (χ0) is 15.2. The van der Waals surface area contributed by atoms with Crippen molar-refractivity contribution in [3.63, 3.8) is 0 Å². The fourth-order valence-electron chi connectivity index (χ4n) is 2.78. The molecular weight excluding hydrogens is 274 g/mol. The monoisotopic (exact) mass is 295 g/mol. The zero-order valence-corrected chi connectivity index (χ0v) is 12.2. The largest absolute Gasteiger partial charge is 0.493 e. The van der Waals surface area contributed by atoms with Gasteiger partial charge in [-0.3, -0.25) is 10.1 Å². The number of benzene rings is 1. The number of aliphatic hydroxyl groups excluding tert-OH is 1. The fraction of sp³-hybridized carbons (Fsp3) is 0.600. The molecule has 1 N–H and O–H groups in total. The molecule has 116 valence electrons. The average molecular weight is 295 g/mol. The second-order valence-electron chi connectivity index (χ2n) is 5.44. The number of hydrogen-bond donors (Lipinski definition) is 1. The van der Waals surface area contributed by atoms with E-state index in [0.717, 1.165) is 19.3 Å². The molecule has 21 heavy (non-hydrogen) atoms.